The Balaban J connectivity index is 2.18. The molecule has 1 unspecified atom stereocenters. The number of carbonyl (C=O) groups excluding carboxylic acids is 1. The molecule has 2 rings (SSSR count). The van der Waals surface area contributed by atoms with Crippen LogP contribution in [0, 0.1) is 5.82 Å². The quantitative estimate of drug-likeness (QED) is 0.878. The van der Waals surface area contributed by atoms with E-state index < -0.39 is 17.8 Å². The summed E-state index contributed by atoms with van der Waals surface area (Å²) in [5, 5.41) is 11.9. The number of carboxylic acid groups (broad SMARTS) is 1. The fourth-order valence-corrected chi connectivity index (χ4v) is 2.40. The van der Waals surface area contributed by atoms with E-state index in [-0.39, 0.29) is 18.9 Å². The summed E-state index contributed by atoms with van der Waals surface area (Å²) in [5.74, 6) is -1.80. The summed E-state index contributed by atoms with van der Waals surface area (Å²) < 4.78 is 13.2. The Morgan fingerprint density at radius 1 is 1.55 bits per heavy atom. The van der Waals surface area contributed by atoms with Gasteiger partial charge in [-0.2, -0.15) is 0 Å². The lowest BCUT2D eigenvalue weighted by Crippen LogP contribution is -2.55. The van der Waals surface area contributed by atoms with Crippen LogP contribution < -0.4 is 5.32 Å². The monoisotopic (exact) mass is 300 g/mol. The number of carboxylic acids is 1. The van der Waals surface area contributed by atoms with Crippen LogP contribution in [-0.2, 0) is 16.1 Å². The molecule has 1 aliphatic rings. The largest absolute Gasteiger partial charge is 0.481 e. The van der Waals surface area contributed by atoms with E-state index in [2.05, 4.69) is 5.32 Å². The van der Waals surface area contributed by atoms with Crippen molar-refractivity contribution in [1.29, 1.82) is 0 Å². The predicted octanol–water partition coefficient (Wildman–Crippen LogP) is 1.25. The first-order valence-corrected chi connectivity index (χ1v) is 6.52. The first-order chi connectivity index (χ1) is 9.47. The summed E-state index contributed by atoms with van der Waals surface area (Å²) >= 11 is 6.00. The minimum Gasteiger partial charge on any atom is -0.481 e. The Kier molecular flexibility index (Phi) is 4.57. The number of rotatable bonds is 4. The highest BCUT2D eigenvalue weighted by Crippen LogP contribution is 2.21. The van der Waals surface area contributed by atoms with Crippen LogP contribution in [0.3, 0.4) is 0 Å². The summed E-state index contributed by atoms with van der Waals surface area (Å²) in [6.45, 7) is 1.17. The first kappa shape index (κ1) is 14.7. The maximum atomic E-state index is 13.2. The van der Waals surface area contributed by atoms with Crippen LogP contribution in [0.15, 0.2) is 18.2 Å². The Hall–Kier alpha value is -1.66. The van der Waals surface area contributed by atoms with Gasteiger partial charge in [0.2, 0.25) is 5.91 Å². The Morgan fingerprint density at radius 2 is 2.30 bits per heavy atom. The van der Waals surface area contributed by atoms with Crippen LogP contribution in [0.5, 0.6) is 0 Å². The minimum absolute atomic E-state index is 0.238. The van der Waals surface area contributed by atoms with E-state index in [4.69, 9.17) is 16.7 Å². The molecular formula is C13H14ClFN2O3. The van der Waals surface area contributed by atoms with E-state index in [1.807, 2.05) is 0 Å². The number of amides is 1. The van der Waals surface area contributed by atoms with Crippen molar-refractivity contribution in [2.24, 2.45) is 0 Å². The molecule has 0 spiro atoms. The van der Waals surface area contributed by atoms with Gasteiger partial charge < -0.3 is 10.4 Å². The SMILES string of the molecule is O=C(O)CC1C(=O)NCCN1Cc1cc(F)ccc1Cl. The third kappa shape index (κ3) is 3.46. The van der Waals surface area contributed by atoms with Gasteiger partial charge in [-0.15, -0.1) is 0 Å². The average molecular weight is 301 g/mol. The van der Waals surface area contributed by atoms with Crippen molar-refractivity contribution in [2.45, 2.75) is 19.0 Å². The summed E-state index contributed by atoms with van der Waals surface area (Å²) in [7, 11) is 0. The molecule has 1 aromatic carbocycles. The number of piperazine rings is 1. The number of hydrogen-bond donors (Lipinski definition) is 2. The standard InChI is InChI=1S/C13H14ClFN2O3/c14-10-2-1-9(15)5-8(10)7-17-4-3-16-13(20)11(17)6-12(18)19/h1-2,5,11H,3-4,6-7H2,(H,16,20)(H,18,19). The number of carbonyl (C=O) groups is 2. The van der Waals surface area contributed by atoms with E-state index in [9.17, 15) is 14.0 Å². The van der Waals surface area contributed by atoms with Crippen molar-refractivity contribution >= 4 is 23.5 Å². The molecule has 20 heavy (non-hydrogen) atoms. The molecule has 0 radical (unpaired) electrons. The molecule has 1 fully saturated rings. The number of halogens is 2. The summed E-state index contributed by atoms with van der Waals surface area (Å²) in [5.41, 5.74) is 0.539. The molecule has 0 bridgehead atoms. The molecule has 1 heterocycles. The van der Waals surface area contributed by atoms with E-state index in [1.165, 1.54) is 18.2 Å². The van der Waals surface area contributed by atoms with Crippen molar-refractivity contribution in [3.05, 3.63) is 34.6 Å². The zero-order valence-electron chi connectivity index (χ0n) is 10.6. The highest BCUT2D eigenvalue weighted by Gasteiger charge is 2.31. The average Bonchev–Trinajstić information content (AvgIpc) is 2.37. The second-order valence-corrected chi connectivity index (χ2v) is 5.02. The molecule has 2 N–H and O–H groups in total. The minimum atomic E-state index is -1.05. The Labute approximate surface area is 120 Å². The number of benzene rings is 1. The number of nitrogens with zero attached hydrogens (tertiary/aromatic N) is 1. The normalized spacial score (nSPS) is 19.7. The van der Waals surface area contributed by atoms with Gasteiger partial charge in [0.15, 0.2) is 0 Å². The van der Waals surface area contributed by atoms with Crippen LogP contribution in [0.25, 0.3) is 0 Å². The van der Waals surface area contributed by atoms with Crippen LogP contribution >= 0.6 is 11.6 Å². The van der Waals surface area contributed by atoms with E-state index in [0.29, 0.717) is 23.7 Å². The molecule has 1 aliphatic heterocycles. The lowest BCUT2D eigenvalue weighted by Gasteiger charge is -2.34. The van der Waals surface area contributed by atoms with Crippen LogP contribution in [0.1, 0.15) is 12.0 Å². The summed E-state index contributed by atoms with van der Waals surface area (Å²) in [4.78, 5) is 24.3. The Bertz CT molecular complexity index is 538. The molecule has 7 heteroatoms. The van der Waals surface area contributed by atoms with Crippen molar-refractivity contribution in [2.75, 3.05) is 13.1 Å². The van der Waals surface area contributed by atoms with Gasteiger partial charge in [0.1, 0.15) is 11.9 Å². The first-order valence-electron chi connectivity index (χ1n) is 6.15. The maximum Gasteiger partial charge on any atom is 0.305 e. The van der Waals surface area contributed by atoms with Gasteiger partial charge in [-0.25, -0.2) is 4.39 Å². The van der Waals surface area contributed by atoms with Crippen LogP contribution in [0.4, 0.5) is 4.39 Å². The maximum absolute atomic E-state index is 13.2. The summed E-state index contributed by atoms with van der Waals surface area (Å²) in [6.07, 6.45) is -0.293. The highest BCUT2D eigenvalue weighted by molar-refractivity contribution is 6.31. The molecule has 0 aliphatic carbocycles. The van der Waals surface area contributed by atoms with Crippen LogP contribution in [0.2, 0.25) is 5.02 Å². The molecule has 0 aromatic heterocycles. The van der Waals surface area contributed by atoms with Crippen molar-refractivity contribution in [3.8, 4) is 0 Å². The molecule has 0 saturated carbocycles. The van der Waals surface area contributed by atoms with E-state index >= 15 is 0 Å². The van der Waals surface area contributed by atoms with Crippen molar-refractivity contribution in [3.63, 3.8) is 0 Å². The summed E-state index contributed by atoms with van der Waals surface area (Å²) in [6, 6.07) is 3.24. The topological polar surface area (TPSA) is 69.6 Å². The smallest absolute Gasteiger partial charge is 0.305 e. The molecule has 1 amide bonds. The zero-order valence-corrected chi connectivity index (χ0v) is 11.4. The second kappa shape index (κ2) is 6.19. The molecule has 5 nitrogen and oxygen atoms in total. The lowest BCUT2D eigenvalue weighted by atomic mass is 10.1. The van der Waals surface area contributed by atoms with Crippen molar-refractivity contribution < 1.29 is 19.1 Å². The fourth-order valence-electron chi connectivity index (χ4n) is 2.22. The van der Waals surface area contributed by atoms with Crippen LogP contribution in [-0.4, -0.2) is 41.0 Å². The van der Waals surface area contributed by atoms with Gasteiger partial charge in [0.05, 0.1) is 6.42 Å². The lowest BCUT2D eigenvalue weighted by molar-refractivity contribution is -0.143. The fraction of sp³-hybridized carbons (Fsp3) is 0.385. The number of aliphatic carboxylic acids is 1. The molecular weight excluding hydrogens is 287 g/mol. The van der Waals surface area contributed by atoms with Gasteiger partial charge in [-0.05, 0) is 23.8 Å². The highest BCUT2D eigenvalue weighted by atomic mass is 35.5. The Morgan fingerprint density at radius 3 is 3.00 bits per heavy atom. The second-order valence-electron chi connectivity index (χ2n) is 4.61. The number of hydrogen-bond acceptors (Lipinski definition) is 3. The molecule has 108 valence electrons. The zero-order chi connectivity index (χ0) is 14.7. The number of nitrogens with one attached hydrogen (secondary N) is 1. The van der Waals surface area contributed by atoms with Gasteiger partial charge in [-0.1, -0.05) is 11.6 Å². The van der Waals surface area contributed by atoms with Gasteiger partial charge in [0, 0.05) is 24.7 Å². The molecule has 1 saturated heterocycles. The van der Waals surface area contributed by atoms with Gasteiger partial charge in [0.25, 0.3) is 0 Å². The van der Waals surface area contributed by atoms with E-state index in [0.717, 1.165) is 0 Å². The third-order valence-electron chi connectivity index (χ3n) is 3.19. The predicted molar refractivity (Wildman–Crippen MR) is 70.9 cm³/mol. The third-order valence-corrected chi connectivity index (χ3v) is 3.56. The van der Waals surface area contributed by atoms with E-state index in [1.54, 1.807) is 4.90 Å². The molecule has 1 aromatic rings. The van der Waals surface area contributed by atoms with Gasteiger partial charge in [-0.3, -0.25) is 14.5 Å². The molecule has 1 atom stereocenters. The van der Waals surface area contributed by atoms with Gasteiger partial charge >= 0.3 is 5.97 Å². The van der Waals surface area contributed by atoms with Crippen molar-refractivity contribution in [1.82, 2.24) is 10.2 Å².